The summed E-state index contributed by atoms with van der Waals surface area (Å²) in [6.07, 6.45) is 18.7. The van der Waals surface area contributed by atoms with Crippen LogP contribution >= 0.6 is 15.8 Å². The molecule has 4 atom stereocenters. The Morgan fingerprint density at radius 3 is 1.61 bits per heavy atom. The fourth-order valence-electron chi connectivity index (χ4n) is 3.85. The monoisotopic (exact) mass is 286 g/mol. The Balaban J connectivity index is 1.87. The van der Waals surface area contributed by atoms with Crippen LogP contribution in [0.3, 0.4) is 0 Å². The second kappa shape index (κ2) is 8.21. The Morgan fingerprint density at radius 2 is 1.22 bits per heavy atom. The smallest absolute Gasteiger partial charge is 0.0141 e. The third-order valence-electron chi connectivity index (χ3n) is 4.87. The first-order chi connectivity index (χ1) is 8.86. The molecule has 0 aromatic heterocycles. The highest BCUT2D eigenvalue weighted by atomic mass is 31.1. The van der Waals surface area contributed by atoms with Crippen LogP contribution in [0.15, 0.2) is 0 Å². The summed E-state index contributed by atoms with van der Waals surface area (Å²) in [5.41, 5.74) is 2.44. The number of rotatable bonds is 7. The van der Waals surface area contributed by atoms with E-state index in [1.54, 1.807) is 50.3 Å². The summed E-state index contributed by atoms with van der Waals surface area (Å²) in [5.74, 6) is 0. The SMILES string of the molecule is CCCCP1CCC[C@@H]1[C@H]1CCCP1CCCC. The number of unbranched alkanes of at least 4 members (excludes halogenated alkanes) is 2. The normalized spacial score (nSPS) is 36.3. The summed E-state index contributed by atoms with van der Waals surface area (Å²) < 4.78 is 0. The van der Waals surface area contributed by atoms with Gasteiger partial charge in [0.25, 0.3) is 0 Å². The maximum absolute atomic E-state index is 2.37. The Bertz CT molecular complexity index is 205. The first-order valence-corrected chi connectivity index (χ1v) is 11.9. The van der Waals surface area contributed by atoms with Crippen LogP contribution < -0.4 is 0 Å². The first-order valence-electron chi connectivity index (χ1n) is 8.35. The number of hydrogen-bond donors (Lipinski definition) is 0. The van der Waals surface area contributed by atoms with Crippen molar-refractivity contribution in [2.75, 3.05) is 24.6 Å². The van der Waals surface area contributed by atoms with Crippen molar-refractivity contribution in [3.05, 3.63) is 0 Å². The van der Waals surface area contributed by atoms with Gasteiger partial charge in [0.1, 0.15) is 0 Å². The molecule has 2 aliphatic rings. The van der Waals surface area contributed by atoms with Gasteiger partial charge in [-0.1, -0.05) is 26.7 Å². The van der Waals surface area contributed by atoms with Crippen LogP contribution in [0.5, 0.6) is 0 Å². The third kappa shape index (κ3) is 3.93. The van der Waals surface area contributed by atoms with Gasteiger partial charge in [-0.25, -0.2) is 0 Å². The van der Waals surface area contributed by atoms with E-state index in [4.69, 9.17) is 0 Å². The van der Waals surface area contributed by atoms with E-state index in [1.165, 1.54) is 37.0 Å². The second-order valence-electron chi connectivity index (χ2n) is 6.20. The van der Waals surface area contributed by atoms with Gasteiger partial charge in [-0.2, -0.15) is 0 Å². The average molecular weight is 286 g/mol. The van der Waals surface area contributed by atoms with Crippen molar-refractivity contribution in [1.29, 1.82) is 0 Å². The molecular weight excluding hydrogens is 254 g/mol. The predicted octanol–water partition coefficient (Wildman–Crippen LogP) is 5.88. The van der Waals surface area contributed by atoms with Gasteiger partial charge in [-0.15, -0.1) is 15.8 Å². The molecule has 0 aromatic rings. The molecule has 0 saturated carbocycles. The van der Waals surface area contributed by atoms with Gasteiger partial charge in [0, 0.05) is 0 Å². The molecule has 0 nitrogen and oxygen atoms in total. The van der Waals surface area contributed by atoms with Gasteiger partial charge < -0.3 is 0 Å². The third-order valence-corrected chi connectivity index (χ3v) is 11.8. The van der Waals surface area contributed by atoms with E-state index in [-0.39, 0.29) is 0 Å². The van der Waals surface area contributed by atoms with E-state index in [0.29, 0.717) is 15.8 Å². The standard InChI is InChI=1S/C16H32P2/c1-3-5-11-17-13-7-9-15(17)16-10-8-14-18(16)12-6-4-2/h15-16H,3-14H2,1-2H3/t15-,16-,17?,18?/m1/s1. The summed E-state index contributed by atoms with van der Waals surface area (Å²) >= 11 is 0. The van der Waals surface area contributed by atoms with E-state index >= 15 is 0 Å². The van der Waals surface area contributed by atoms with Crippen molar-refractivity contribution in [3.8, 4) is 0 Å². The van der Waals surface area contributed by atoms with Gasteiger partial charge in [0.2, 0.25) is 0 Å². The molecule has 2 heterocycles. The molecule has 0 amide bonds. The molecule has 2 rings (SSSR count). The van der Waals surface area contributed by atoms with E-state index in [2.05, 4.69) is 13.8 Å². The molecule has 0 aliphatic carbocycles. The maximum Gasteiger partial charge on any atom is -0.0141 e. The Hall–Kier alpha value is 0.860. The average Bonchev–Trinajstić information content (AvgIpc) is 3.01. The van der Waals surface area contributed by atoms with E-state index in [0.717, 1.165) is 0 Å². The molecule has 2 saturated heterocycles. The Morgan fingerprint density at radius 1 is 0.778 bits per heavy atom. The fraction of sp³-hybridized carbons (Fsp3) is 1.00. The minimum atomic E-state index is 0.449. The molecule has 2 aliphatic heterocycles. The lowest BCUT2D eigenvalue weighted by atomic mass is 10.1. The van der Waals surface area contributed by atoms with Crippen LogP contribution in [0, 0.1) is 0 Å². The highest BCUT2D eigenvalue weighted by Gasteiger charge is 2.38. The zero-order valence-corrected chi connectivity index (χ0v) is 14.3. The second-order valence-corrected chi connectivity index (χ2v) is 11.7. The first kappa shape index (κ1) is 15.3. The zero-order valence-electron chi connectivity index (χ0n) is 12.5. The molecule has 18 heavy (non-hydrogen) atoms. The summed E-state index contributed by atoms with van der Waals surface area (Å²) in [4.78, 5) is 0. The van der Waals surface area contributed by atoms with Crippen molar-refractivity contribution >= 4 is 15.8 Å². The quantitative estimate of drug-likeness (QED) is 0.513. The van der Waals surface area contributed by atoms with Gasteiger partial charge in [-0.3, -0.25) is 0 Å². The molecule has 2 fully saturated rings. The lowest BCUT2D eigenvalue weighted by molar-refractivity contribution is 0.692. The molecule has 0 bridgehead atoms. The minimum absolute atomic E-state index is 0.449. The molecule has 0 radical (unpaired) electrons. The van der Waals surface area contributed by atoms with Crippen molar-refractivity contribution in [2.24, 2.45) is 0 Å². The van der Waals surface area contributed by atoms with Crippen molar-refractivity contribution in [3.63, 3.8) is 0 Å². The van der Waals surface area contributed by atoms with Gasteiger partial charge in [0.05, 0.1) is 0 Å². The van der Waals surface area contributed by atoms with Crippen LogP contribution in [-0.2, 0) is 0 Å². The molecular formula is C16H32P2. The molecule has 0 N–H and O–H groups in total. The summed E-state index contributed by atoms with van der Waals surface area (Å²) in [6.45, 7) is 4.73. The van der Waals surface area contributed by atoms with Gasteiger partial charge in [-0.05, 0) is 74.5 Å². The Labute approximate surface area is 117 Å². The Kier molecular flexibility index (Phi) is 6.96. The lowest BCUT2D eigenvalue weighted by Crippen LogP contribution is -2.19. The van der Waals surface area contributed by atoms with E-state index in [1.807, 2.05) is 0 Å². The fourth-order valence-corrected chi connectivity index (χ4v) is 11.7. The highest BCUT2D eigenvalue weighted by Crippen LogP contribution is 2.62. The summed E-state index contributed by atoms with van der Waals surface area (Å²) in [7, 11) is 0.898. The highest BCUT2D eigenvalue weighted by molar-refractivity contribution is 7.63. The summed E-state index contributed by atoms with van der Waals surface area (Å²) in [6, 6.07) is 0. The molecule has 106 valence electrons. The molecule has 0 spiro atoms. The molecule has 0 aromatic carbocycles. The van der Waals surface area contributed by atoms with E-state index < -0.39 is 0 Å². The predicted molar refractivity (Wildman–Crippen MR) is 89.2 cm³/mol. The van der Waals surface area contributed by atoms with Crippen LogP contribution in [-0.4, -0.2) is 36.0 Å². The number of hydrogen-bond acceptors (Lipinski definition) is 0. The minimum Gasteiger partial charge on any atom is -0.103 e. The van der Waals surface area contributed by atoms with Crippen molar-refractivity contribution in [1.82, 2.24) is 0 Å². The topological polar surface area (TPSA) is 0 Å². The molecule has 2 unspecified atom stereocenters. The maximum atomic E-state index is 2.37. The zero-order chi connectivity index (χ0) is 12.8. The van der Waals surface area contributed by atoms with Gasteiger partial charge >= 0.3 is 0 Å². The molecule has 2 heteroatoms. The summed E-state index contributed by atoms with van der Waals surface area (Å²) in [5, 5.41) is 0. The van der Waals surface area contributed by atoms with Gasteiger partial charge in [0.15, 0.2) is 0 Å². The van der Waals surface area contributed by atoms with E-state index in [9.17, 15) is 0 Å². The lowest BCUT2D eigenvalue weighted by Gasteiger charge is -2.31. The van der Waals surface area contributed by atoms with Crippen molar-refractivity contribution < 1.29 is 0 Å². The van der Waals surface area contributed by atoms with Crippen molar-refractivity contribution in [2.45, 2.75) is 76.5 Å². The van der Waals surface area contributed by atoms with Crippen LogP contribution in [0.4, 0.5) is 0 Å². The van der Waals surface area contributed by atoms with Crippen LogP contribution in [0.1, 0.15) is 65.2 Å². The largest absolute Gasteiger partial charge is 0.103 e. The van der Waals surface area contributed by atoms with Crippen LogP contribution in [0.25, 0.3) is 0 Å². The van der Waals surface area contributed by atoms with Crippen LogP contribution in [0.2, 0.25) is 0 Å².